The summed E-state index contributed by atoms with van der Waals surface area (Å²) in [5.74, 6) is 1.85. The molecular formula is C45H30N4O. The van der Waals surface area contributed by atoms with Crippen LogP contribution in [0.2, 0.25) is 0 Å². The van der Waals surface area contributed by atoms with E-state index in [1.54, 1.807) is 0 Å². The highest BCUT2D eigenvalue weighted by Crippen LogP contribution is 2.38. The summed E-state index contributed by atoms with van der Waals surface area (Å²) >= 11 is 0. The molecule has 0 spiro atoms. The van der Waals surface area contributed by atoms with E-state index in [-0.39, 0.29) is 0 Å². The first kappa shape index (κ1) is 29.3. The summed E-state index contributed by atoms with van der Waals surface area (Å²) in [5.41, 5.74) is 9.89. The van der Waals surface area contributed by atoms with Crippen molar-refractivity contribution in [3.8, 4) is 45.3 Å². The molecule has 0 aliphatic carbocycles. The van der Waals surface area contributed by atoms with Gasteiger partial charge in [-0.3, -0.25) is 0 Å². The second-order valence-corrected chi connectivity index (χ2v) is 12.1. The van der Waals surface area contributed by atoms with Crippen molar-refractivity contribution in [3.05, 3.63) is 182 Å². The van der Waals surface area contributed by atoms with Crippen LogP contribution in [0.1, 0.15) is 0 Å². The number of hydrogen-bond acceptors (Lipinski definition) is 5. The van der Waals surface area contributed by atoms with Crippen LogP contribution in [0.15, 0.2) is 186 Å². The van der Waals surface area contributed by atoms with Crippen LogP contribution in [0.3, 0.4) is 0 Å². The molecule has 50 heavy (non-hydrogen) atoms. The van der Waals surface area contributed by atoms with Gasteiger partial charge in [-0.15, -0.1) is 0 Å². The molecule has 2 heterocycles. The van der Waals surface area contributed by atoms with Crippen LogP contribution >= 0.6 is 0 Å². The first-order valence-corrected chi connectivity index (χ1v) is 16.6. The smallest absolute Gasteiger partial charge is 0.164 e. The van der Waals surface area contributed by atoms with Crippen LogP contribution in [0.25, 0.3) is 67.2 Å². The maximum atomic E-state index is 6.43. The van der Waals surface area contributed by atoms with Gasteiger partial charge in [-0.1, -0.05) is 121 Å². The lowest BCUT2D eigenvalue weighted by Gasteiger charge is -2.25. The summed E-state index contributed by atoms with van der Waals surface area (Å²) in [7, 11) is 0. The van der Waals surface area contributed by atoms with Crippen molar-refractivity contribution in [2.24, 2.45) is 0 Å². The molecule has 0 saturated heterocycles. The molecule has 0 radical (unpaired) electrons. The lowest BCUT2D eigenvalue weighted by molar-refractivity contribution is 0.669. The third-order valence-corrected chi connectivity index (χ3v) is 8.90. The maximum absolute atomic E-state index is 6.43. The zero-order valence-corrected chi connectivity index (χ0v) is 27.0. The van der Waals surface area contributed by atoms with E-state index in [4.69, 9.17) is 19.4 Å². The van der Waals surface area contributed by atoms with Gasteiger partial charge >= 0.3 is 0 Å². The van der Waals surface area contributed by atoms with Crippen molar-refractivity contribution in [2.45, 2.75) is 0 Å². The Morgan fingerprint density at radius 2 is 0.800 bits per heavy atom. The van der Waals surface area contributed by atoms with Crippen LogP contribution in [-0.2, 0) is 0 Å². The number of anilines is 3. The topological polar surface area (TPSA) is 55.1 Å². The lowest BCUT2D eigenvalue weighted by Crippen LogP contribution is -2.09. The Kier molecular flexibility index (Phi) is 7.41. The van der Waals surface area contributed by atoms with E-state index in [0.29, 0.717) is 17.5 Å². The normalized spacial score (nSPS) is 11.2. The Balaban J connectivity index is 1.11. The fourth-order valence-corrected chi connectivity index (χ4v) is 6.46. The number of para-hydroxylation sites is 2. The summed E-state index contributed by atoms with van der Waals surface area (Å²) in [4.78, 5) is 16.9. The maximum Gasteiger partial charge on any atom is 0.164 e. The van der Waals surface area contributed by atoms with Crippen molar-refractivity contribution >= 4 is 39.0 Å². The van der Waals surface area contributed by atoms with Gasteiger partial charge in [-0.2, -0.15) is 0 Å². The molecule has 9 rings (SSSR count). The molecule has 5 nitrogen and oxygen atoms in total. The Morgan fingerprint density at radius 1 is 0.320 bits per heavy atom. The molecule has 0 fully saturated rings. The van der Waals surface area contributed by atoms with E-state index in [2.05, 4.69) is 108 Å². The molecule has 9 aromatic rings. The van der Waals surface area contributed by atoms with Gasteiger partial charge < -0.3 is 9.32 Å². The monoisotopic (exact) mass is 642 g/mol. The largest absolute Gasteiger partial charge is 0.456 e. The summed E-state index contributed by atoms with van der Waals surface area (Å²) in [6, 6.07) is 62.3. The number of rotatable bonds is 7. The van der Waals surface area contributed by atoms with Crippen molar-refractivity contribution in [1.82, 2.24) is 15.0 Å². The third-order valence-electron chi connectivity index (χ3n) is 8.90. The molecule has 0 aliphatic heterocycles. The minimum absolute atomic E-state index is 0.596. The second kappa shape index (κ2) is 12.6. The highest BCUT2D eigenvalue weighted by atomic mass is 16.3. The van der Waals surface area contributed by atoms with Crippen LogP contribution in [0.5, 0.6) is 0 Å². The number of benzene rings is 7. The fourth-order valence-electron chi connectivity index (χ4n) is 6.46. The molecule has 0 atom stereocenters. The lowest BCUT2D eigenvalue weighted by atomic mass is 10.0. The van der Waals surface area contributed by atoms with Crippen molar-refractivity contribution < 1.29 is 4.42 Å². The Hall–Kier alpha value is -6.85. The van der Waals surface area contributed by atoms with E-state index in [9.17, 15) is 0 Å². The number of furan rings is 1. The highest BCUT2D eigenvalue weighted by molar-refractivity contribution is 6.07. The molecule has 0 N–H and O–H groups in total. The molecular weight excluding hydrogens is 613 g/mol. The predicted octanol–water partition coefficient (Wildman–Crippen LogP) is 11.9. The van der Waals surface area contributed by atoms with Gasteiger partial charge in [0.15, 0.2) is 17.5 Å². The highest BCUT2D eigenvalue weighted by Gasteiger charge is 2.16. The van der Waals surface area contributed by atoms with E-state index in [1.807, 2.05) is 78.9 Å². The minimum Gasteiger partial charge on any atom is -0.456 e. The van der Waals surface area contributed by atoms with Gasteiger partial charge in [0.05, 0.1) is 0 Å². The molecule has 236 valence electrons. The third kappa shape index (κ3) is 5.57. The Morgan fingerprint density at radius 3 is 1.40 bits per heavy atom. The minimum atomic E-state index is 0.596. The quantitative estimate of drug-likeness (QED) is 0.173. The molecule has 7 aromatic carbocycles. The van der Waals surface area contributed by atoms with Crippen LogP contribution in [0.4, 0.5) is 17.1 Å². The standard InChI is InChI=1S/C45H30N4O/c1-5-14-31(15-6-1)43-46-44(32-16-7-2-8-17-32)48-45(47-43)35-24-26-39-40-29-34(25-27-41(40)50-42(39)30-35)33-18-13-23-38(28-33)49(36-19-9-3-10-20-36)37-21-11-4-12-22-37/h1-30H. The summed E-state index contributed by atoms with van der Waals surface area (Å²) in [6.45, 7) is 0. The van der Waals surface area contributed by atoms with Crippen LogP contribution in [0, 0.1) is 0 Å². The number of hydrogen-bond donors (Lipinski definition) is 0. The SMILES string of the molecule is c1ccc(-c2nc(-c3ccccc3)nc(-c3ccc4c(c3)oc3ccc(-c5cccc(N(c6ccccc6)c6ccccc6)c5)cc34)n2)cc1. The molecule has 0 aliphatic rings. The van der Waals surface area contributed by atoms with Gasteiger partial charge in [-0.25, -0.2) is 15.0 Å². The van der Waals surface area contributed by atoms with Crippen LogP contribution < -0.4 is 4.90 Å². The average Bonchev–Trinajstić information content (AvgIpc) is 3.57. The van der Waals surface area contributed by atoms with Crippen molar-refractivity contribution in [1.29, 1.82) is 0 Å². The van der Waals surface area contributed by atoms with Crippen molar-refractivity contribution in [2.75, 3.05) is 4.90 Å². The first-order chi connectivity index (χ1) is 24.8. The van der Waals surface area contributed by atoms with E-state index >= 15 is 0 Å². The van der Waals surface area contributed by atoms with Gasteiger partial charge in [0.2, 0.25) is 0 Å². The van der Waals surface area contributed by atoms with E-state index in [1.165, 1.54) is 0 Å². The average molecular weight is 643 g/mol. The molecule has 0 amide bonds. The number of nitrogens with zero attached hydrogens (tertiary/aromatic N) is 4. The van der Waals surface area contributed by atoms with Gasteiger partial charge in [0, 0.05) is 44.5 Å². The fraction of sp³-hybridized carbons (Fsp3) is 0. The Labute approximate surface area is 289 Å². The van der Waals surface area contributed by atoms with Crippen molar-refractivity contribution in [3.63, 3.8) is 0 Å². The molecule has 0 bridgehead atoms. The zero-order valence-electron chi connectivity index (χ0n) is 27.0. The predicted molar refractivity (Wildman–Crippen MR) is 204 cm³/mol. The first-order valence-electron chi connectivity index (χ1n) is 16.6. The molecule has 5 heteroatoms. The summed E-state index contributed by atoms with van der Waals surface area (Å²) in [6.07, 6.45) is 0. The molecule has 2 aromatic heterocycles. The Bertz CT molecular complexity index is 2490. The molecule has 0 unspecified atom stereocenters. The van der Waals surface area contributed by atoms with Gasteiger partial charge in [-0.05, 0) is 71.8 Å². The second-order valence-electron chi connectivity index (χ2n) is 12.1. The molecule has 0 saturated carbocycles. The van der Waals surface area contributed by atoms with E-state index < -0.39 is 0 Å². The number of fused-ring (bicyclic) bond motifs is 3. The summed E-state index contributed by atoms with van der Waals surface area (Å²) < 4.78 is 6.43. The van der Waals surface area contributed by atoms with Gasteiger partial charge in [0.1, 0.15) is 11.2 Å². The number of aromatic nitrogens is 3. The van der Waals surface area contributed by atoms with E-state index in [0.717, 1.165) is 66.8 Å². The van der Waals surface area contributed by atoms with Gasteiger partial charge in [0.25, 0.3) is 0 Å². The zero-order chi connectivity index (χ0) is 33.3. The van der Waals surface area contributed by atoms with Crippen LogP contribution in [-0.4, -0.2) is 15.0 Å². The summed E-state index contributed by atoms with van der Waals surface area (Å²) in [5, 5.41) is 2.10.